The Labute approximate surface area is 120 Å². The van der Waals surface area contributed by atoms with Gasteiger partial charge in [0.1, 0.15) is 12.0 Å². The fraction of sp³-hybridized carbons (Fsp3) is 0.143. The fourth-order valence-electron chi connectivity index (χ4n) is 1.65. The van der Waals surface area contributed by atoms with Gasteiger partial charge in [0.05, 0.1) is 19.2 Å². The molecule has 0 saturated heterocycles. The van der Waals surface area contributed by atoms with Crippen molar-refractivity contribution in [1.82, 2.24) is 0 Å². The first-order chi connectivity index (χ1) is 10.1. The number of hydrogen-bond acceptors (Lipinski definition) is 5. The van der Waals surface area contributed by atoms with Crippen LogP contribution in [0.1, 0.15) is 16.1 Å². The van der Waals surface area contributed by atoms with E-state index < -0.39 is 12.1 Å². The van der Waals surface area contributed by atoms with E-state index in [1.807, 2.05) is 6.07 Å². The summed E-state index contributed by atoms with van der Waals surface area (Å²) in [6, 6.07) is 8.46. The van der Waals surface area contributed by atoms with Crippen molar-refractivity contribution in [3.8, 4) is 0 Å². The standard InChI is InChI=1S/C14H14N2O5/c1-20-14(19)16-11-4-2-3-10(6-11)15-7-12-5-9(8-21-12)13(17)18/h2-6,8,15H,7H2,1H3,(H,16,19)(H,17,18). The molecule has 0 spiro atoms. The predicted molar refractivity (Wildman–Crippen MR) is 75.5 cm³/mol. The Bertz CT molecular complexity index is 650. The van der Waals surface area contributed by atoms with Crippen molar-refractivity contribution in [3.63, 3.8) is 0 Å². The molecule has 7 heteroatoms. The van der Waals surface area contributed by atoms with Gasteiger partial charge in [-0.2, -0.15) is 0 Å². The number of carboxylic acids is 1. The van der Waals surface area contributed by atoms with Crippen LogP contribution in [0.4, 0.5) is 16.2 Å². The molecular weight excluding hydrogens is 276 g/mol. The average molecular weight is 290 g/mol. The largest absolute Gasteiger partial charge is 0.478 e. The number of rotatable bonds is 5. The summed E-state index contributed by atoms with van der Waals surface area (Å²) >= 11 is 0. The lowest BCUT2D eigenvalue weighted by atomic mass is 10.2. The van der Waals surface area contributed by atoms with Gasteiger partial charge < -0.3 is 19.6 Å². The molecular formula is C14H14N2O5. The number of furan rings is 1. The number of benzene rings is 1. The molecule has 0 saturated carbocycles. The number of amides is 1. The van der Waals surface area contributed by atoms with E-state index in [-0.39, 0.29) is 5.56 Å². The zero-order valence-corrected chi connectivity index (χ0v) is 11.3. The second kappa shape index (κ2) is 6.47. The predicted octanol–water partition coefficient (Wildman–Crippen LogP) is 2.77. The monoisotopic (exact) mass is 290 g/mol. The van der Waals surface area contributed by atoms with Crippen LogP contribution in [0, 0.1) is 0 Å². The summed E-state index contributed by atoms with van der Waals surface area (Å²) in [4.78, 5) is 21.8. The maximum absolute atomic E-state index is 11.1. The van der Waals surface area contributed by atoms with Gasteiger partial charge in [0.2, 0.25) is 0 Å². The average Bonchev–Trinajstić information content (AvgIpc) is 2.94. The lowest BCUT2D eigenvalue weighted by Gasteiger charge is -2.07. The van der Waals surface area contributed by atoms with E-state index in [4.69, 9.17) is 9.52 Å². The van der Waals surface area contributed by atoms with Gasteiger partial charge in [-0.05, 0) is 24.3 Å². The zero-order valence-electron chi connectivity index (χ0n) is 11.3. The highest BCUT2D eigenvalue weighted by Gasteiger charge is 2.08. The van der Waals surface area contributed by atoms with E-state index in [0.29, 0.717) is 18.0 Å². The first kappa shape index (κ1) is 14.4. The van der Waals surface area contributed by atoms with E-state index >= 15 is 0 Å². The van der Waals surface area contributed by atoms with Crippen LogP contribution in [-0.2, 0) is 11.3 Å². The van der Waals surface area contributed by atoms with Crippen molar-refractivity contribution in [2.24, 2.45) is 0 Å². The Kier molecular flexibility index (Phi) is 4.45. The summed E-state index contributed by atoms with van der Waals surface area (Å²) < 4.78 is 9.63. The smallest absolute Gasteiger partial charge is 0.411 e. The van der Waals surface area contributed by atoms with Gasteiger partial charge in [-0.3, -0.25) is 5.32 Å². The molecule has 0 unspecified atom stereocenters. The first-order valence-electron chi connectivity index (χ1n) is 6.08. The van der Waals surface area contributed by atoms with Gasteiger partial charge in [-0.15, -0.1) is 0 Å². The number of anilines is 2. The Morgan fingerprint density at radius 1 is 1.29 bits per heavy atom. The van der Waals surface area contributed by atoms with E-state index in [2.05, 4.69) is 15.4 Å². The SMILES string of the molecule is COC(=O)Nc1cccc(NCc2cc(C(=O)O)co2)c1. The molecule has 2 aromatic rings. The fourth-order valence-corrected chi connectivity index (χ4v) is 1.65. The zero-order chi connectivity index (χ0) is 15.2. The first-order valence-corrected chi connectivity index (χ1v) is 6.08. The number of carbonyl (C=O) groups excluding carboxylic acids is 1. The lowest BCUT2D eigenvalue weighted by molar-refractivity contribution is 0.0696. The van der Waals surface area contributed by atoms with Crippen molar-refractivity contribution in [2.45, 2.75) is 6.54 Å². The van der Waals surface area contributed by atoms with Gasteiger partial charge in [-0.25, -0.2) is 9.59 Å². The molecule has 1 amide bonds. The topological polar surface area (TPSA) is 101 Å². The molecule has 7 nitrogen and oxygen atoms in total. The van der Waals surface area contributed by atoms with Crippen LogP contribution in [0.2, 0.25) is 0 Å². The molecule has 3 N–H and O–H groups in total. The lowest BCUT2D eigenvalue weighted by Crippen LogP contribution is -2.11. The van der Waals surface area contributed by atoms with Crippen molar-refractivity contribution in [3.05, 3.63) is 47.9 Å². The van der Waals surface area contributed by atoms with E-state index in [1.54, 1.807) is 18.2 Å². The van der Waals surface area contributed by atoms with Crippen LogP contribution in [0.5, 0.6) is 0 Å². The molecule has 0 fully saturated rings. The van der Waals surface area contributed by atoms with Crippen LogP contribution < -0.4 is 10.6 Å². The number of aromatic carboxylic acids is 1. The maximum Gasteiger partial charge on any atom is 0.411 e. The minimum atomic E-state index is -1.03. The highest BCUT2D eigenvalue weighted by Crippen LogP contribution is 2.17. The second-order valence-electron chi connectivity index (χ2n) is 4.16. The molecule has 110 valence electrons. The van der Waals surface area contributed by atoms with Gasteiger partial charge in [-0.1, -0.05) is 6.07 Å². The van der Waals surface area contributed by atoms with Crippen molar-refractivity contribution >= 4 is 23.4 Å². The molecule has 0 radical (unpaired) electrons. The summed E-state index contributed by atoms with van der Waals surface area (Å²) in [6.07, 6.45) is 0.637. The second-order valence-corrected chi connectivity index (χ2v) is 4.16. The third-order valence-corrected chi connectivity index (χ3v) is 2.66. The van der Waals surface area contributed by atoms with Crippen molar-refractivity contribution in [1.29, 1.82) is 0 Å². The molecule has 21 heavy (non-hydrogen) atoms. The van der Waals surface area contributed by atoms with Crippen molar-refractivity contribution < 1.29 is 23.8 Å². The Morgan fingerprint density at radius 3 is 2.71 bits per heavy atom. The Hall–Kier alpha value is -2.96. The number of hydrogen-bond donors (Lipinski definition) is 3. The quantitative estimate of drug-likeness (QED) is 0.782. The van der Waals surface area contributed by atoms with Gasteiger partial charge in [0, 0.05) is 11.4 Å². The van der Waals surface area contributed by atoms with Crippen LogP contribution >= 0.6 is 0 Å². The summed E-state index contributed by atoms with van der Waals surface area (Å²) in [6.45, 7) is 0.328. The molecule has 1 aromatic heterocycles. The number of carboxylic acid groups (broad SMARTS) is 1. The summed E-state index contributed by atoms with van der Waals surface area (Å²) in [5.74, 6) is -0.534. The summed E-state index contributed by atoms with van der Waals surface area (Å²) in [7, 11) is 1.29. The molecule has 0 aliphatic carbocycles. The molecule has 0 aliphatic heterocycles. The van der Waals surface area contributed by atoms with E-state index in [9.17, 15) is 9.59 Å². The van der Waals surface area contributed by atoms with Crippen LogP contribution in [-0.4, -0.2) is 24.3 Å². The Morgan fingerprint density at radius 2 is 2.05 bits per heavy atom. The van der Waals surface area contributed by atoms with E-state index in [0.717, 1.165) is 5.69 Å². The highest BCUT2D eigenvalue weighted by molar-refractivity contribution is 5.87. The summed E-state index contributed by atoms with van der Waals surface area (Å²) in [5.41, 5.74) is 1.43. The molecule has 2 rings (SSSR count). The maximum atomic E-state index is 11.1. The molecule has 0 aliphatic rings. The number of methoxy groups -OCH3 is 1. The third-order valence-electron chi connectivity index (χ3n) is 2.66. The number of nitrogens with one attached hydrogen (secondary N) is 2. The number of carbonyl (C=O) groups is 2. The molecule has 1 heterocycles. The number of ether oxygens (including phenoxy) is 1. The highest BCUT2D eigenvalue weighted by atomic mass is 16.5. The van der Waals surface area contributed by atoms with E-state index in [1.165, 1.54) is 19.4 Å². The van der Waals surface area contributed by atoms with Gasteiger partial charge in [0.25, 0.3) is 0 Å². The molecule has 0 atom stereocenters. The normalized spacial score (nSPS) is 9.95. The van der Waals surface area contributed by atoms with Crippen LogP contribution in [0.15, 0.2) is 41.0 Å². The van der Waals surface area contributed by atoms with Crippen LogP contribution in [0.3, 0.4) is 0 Å². The summed E-state index contributed by atoms with van der Waals surface area (Å²) in [5, 5.41) is 14.4. The molecule has 0 bridgehead atoms. The minimum absolute atomic E-state index is 0.105. The van der Waals surface area contributed by atoms with Gasteiger partial charge in [0.15, 0.2) is 0 Å². The van der Waals surface area contributed by atoms with Crippen LogP contribution in [0.25, 0.3) is 0 Å². The van der Waals surface area contributed by atoms with Gasteiger partial charge >= 0.3 is 12.1 Å². The minimum Gasteiger partial charge on any atom is -0.478 e. The van der Waals surface area contributed by atoms with Crippen molar-refractivity contribution in [2.75, 3.05) is 17.7 Å². The molecule has 1 aromatic carbocycles. The third kappa shape index (κ3) is 4.00. The Balaban J connectivity index is 1.97.